The number of benzene rings is 1. The molecule has 1 aromatic carbocycles. The molecule has 2 aliphatic carbocycles. The van der Waals surface area contributed by atoms with Crippen molar-refractivity contribution in [2.45, 2.75) is 64.7 Å². The molecule has 3 nitrogen and oxygen atoms in total. The van der Waals surface area contributed by atoms with Crippen molar-refractivity contribution in [1.29, 1.82) is 0 Å². The maximum Gasteiger partial charge on any atom is 0.314 e. The second-order valence-corrected chi connectivity index (χ2v) is 7.90. The normalized spacial score (nSPS) is 29.8. The second kappa shape index (κ2) is 8.73. The number of rotatable bonds is 5. The van der Waals surface area contributed by atoms with Crippen LogP contribution in [0.1, 0.15) is 64.7 Å². The quantitative estimate of drug-likeness (QED) is 0.513. The SMILES string of the molecule is CCC1CCC(C2CCC(C(=O)Oc3ccc(OC)cc3)CC2)CC1. The van der Waals surface area contributed by atoms with Gasteiger partial charge in [-0.2, -0.15) is 0 Å². The van der Waals surface area contributed by atoms with Gasteiger partial charge in [0, 0.05) is 0 Å². The summed E-state index contributed by atoms with van der Waals surface area (Å²) in [4.78, 5) is 12.4. The lowest BCUT2D eigenvalue weighted by molar-refractivity contribution is -0.140. The van der Waals surface area contributed by atoms with Gasteiger partial charge in [0.1, 0.15) is 11.5 Å². The Morgan fingerprint density at radius 2 is 1.40 bits per heavy atom. The first-order valence-electron chi connectivity index (χ1n) is 10.0. The highest BCUT2D eigenvalue weighted by molar-refractivity contribution is 5.75. The standard InChI is InChI=1S/C22H32O3/c1-3-16-4-6-17(7-5-16)18-8-10-19(11-9-18)22(23)25-21-14-12-20(24-2)13-15-21/h12-19H,3-11H2,1-2H3. The van der Waals surface area contributed by atoms with Gasteiger partial charge < -0.3 is 9.47 Å². The second-order valence-electron chi connectivity index (χ2n) is 7.90. The van der Waals surface area contributed by atoms with Crippen LogP contribution in [0.25, 0.3) is 0 Å². The molecular formula is C22H32O3. The number of ether oxygens (including phenoxy) is 2. The number of carbonyl (C=O) groups is 1. The Bertz CT molecular complexity index is 535. The minimum atomic E-state index is -0.0571. The Morgan fingerprint density at radius 1 is 0.880 bits per heavy atom. The largest absolute Gasteiger partial charge is 0.497 e. The molecule has 0 bridgehead atoms. The van der Waals surface area contributed by atoms with Crippen LogP contribution in [0, 0.1) is 23.7 Å². The zero-order chi connectivity index (χ0) is 17.6. The molecule has 0 spiro atoms. The Labute approximate surface area is 152 Å². The van der Waals surface area contributed by atoms with Gasteiger partial charge in [-0.05, 0) is 80.5 Å². The fourth-order valence-electron chi connectivity index (χ4n) is 4.74. The molecule has 1 aromatic rings. The highest BCUT2D eigenvalue weighted by Crippen LogP contribution is 2.42. The average Bonchev–Trinajstić information content (AvgIpc) is 2.69. The van der Waals surface area contributed by atoms with Crippen molar-refractivity contribution in [2.75, 3.05) is 7.11 Å². The zero-order valence-electron chi connectivity index (χ0n) is 15.7. The molecule has 2 saturated carbocycles. The number of hydrogen-bond acceptors (Lipinski definition) is 3. The lowest BCUT2D eigenvalue weighted by Crippen LogP contribution is -2.30. The molecule has 2 fully saturated rings. The molecule has 0 amide bonds. The first-order valence-corrected chi connectivity index (χ1v) is 10.0. The Balaban J connectivity index is 1.44. The predicted octanol–water partition coefficient (Wildman–Crippen LogP) is 5.62. The van der Waals surface area contributed by atoms with E-state index in [9.17, 15) is 4.79 Å². The third-order valence-electron chi connectivity index (χ3n) is 6.52. The fraction of sp³-hybridized carbons (Fsp3) is 0.682. The van der Waals surface area contributed by atoms with E-state index in [1.54, 1.807) is 19.2 Å². The minimum absolute atomic E-state index is 0.0571. The van der Waals surface area contributed by atoms with Gasteiger partial charge in [0.2, 0.25) is 0 Å². The number of esters is 1. The lowest BCUT2D eigenvalue weighted by Gasteiger charge is -2.37. The summed E-state index contributed by atoms with van der Waals surface area (Å²) in [7, 11) is 1.63. The molecular weight excluding hydrogens is 312 g/mol. The van der Waals surface area contributed by atoms with Gasteiger partial charge >= 0.3 is 5.97 Å². The molecule has 0 aromatic heterocycles. The van der Waals surface area contributed by atoms with Crippen molar-refractivity contribution in [1.82, 2.24) is 0 Å². The highest BCUT2D eigenvalue weighted by atomic mass is 16.5. The molecule has 0 radical (unpaired) electrons. The van der Waals surface area contributed by atoms with Crippen LogP contribution in [-0.4, -0.2) is 13.1 Å². The zero-order valence-corrected chi connectivity index (χ0v) is 15.7. The topological polar surface area (TPSA) is 35.5 Å². The molecule has 3 heteroatoms. The van der Waals surface area contributed by atoms with Crippen LogP contribution in [0.4, 0.5) is 0 Å². The molecule has 2 aliphatic rings. The Kier molecular flexibility index (Phi) is 6.39. The van der Waals surface area contributed by atoms with E-state index in [0.29, 0.717) is 5.75 Å². The van der Waals surface area contributed by atoms with E-state index >= 15 is 0 Å². The third kappa shape index (κ3) is 4.77. The summed E-state index contributed by atoms with van der Waals surface area (Å²) in [6, 6.07) is 7.25. The summed E-state index contributed by atoms with van der Waals surface area (Å²) in [5.74, 6) is 4.11. The van der Waals surface area contributed by atoms with Crippen LogP contribution in [0.15, 0.2) is 24.3 Å². The van der Waals surface area contributed by atoms with Gasteiger partial charge in [0.15, 0.2) is 0 Å². The van der Waals surface area contributed by atoms with Gasteiger partial charge in [-0.3, -0.25) is 4.79 Å². The summed E-state index contributed by atoms with van der Waals surface area (Å²) in [6.45, 7) is 2.32. The number of carbonyl (C=O) groups excluding carboxylic acids is 1. The van der Waals surface area contributed by atoms with E-state index in [1.165, 1.54) is 44.9 Å². The van der Waals surface area contributed by atoms with Crippen LogP contribution in [0.2, 0.25) is 0 Å². The van der Waals surface area contributed by atoms with E-state index in [1.807, 2.05) is 12.1 Å². The van der Waals surface area contributed by atoms with E-state index in [4.69, 9.17) is 9.47 Å². The minimum Gasteiger partial charge on any atom is -0.497 e. The molecule has 0 aliphatic heterocycles. The molecule has 0 saturated heterocycles. The van der Waals surface area contributed by atoms with Gasteiger partial charge in [0.05, 0.1) is 13.0 Å². The molecule has 3 rings (SSSR count). The Morgan fingerprint density at radius 3 is 1.92 bits per heavy atom. The van der Waals surface area contributed by atoms with Crippen molar-refractivity contribution < 1.29 is 14.3 Å². The number of hydrogen-bond donors (Lipinski definition) is 0. The smallest absolute Gasteiger partial charge is 0.314 e. The maximum atomic E-state index is 12.4. The first-order chi connectivity index (χ1) is 12.2. The van der Waals surface area contributed by atoms with Crippen molar-refractivity contribution in [3.8, 4) is 11.5 Å². The summed E-state index contributed by atoms with van der Waals surface area (Å²) < 4.78 is 10.7. The van der Waals surface area contributed by atoms with Crippen LogP contribution in [0.5, 0.6) is 11.5 Å². The van der Waals surface area contributed by atoms with Gasteiger partial charge in [-0.1, -0.05) is 26.2 Å². The summed E-state index contributed by atoms with van der Waals surface area (Å²) >= 11 is 0. The van der Waals surface area contributed by atoms with Crippen molar-refractivity contribution in [2.24, 2.45) is 23.7 Å². The van der Waals surface area contributed by atoms with Crippen LogP contribution < -0.4 is 9.47 Å². The van der Waals surface area contributed by atoms with Crippen molar-refractivity contribution in [3.05, 3.63) is 24.3 Å². The predicted molar refractivity (Wildman–Crippen MR) is 99.8 cm³/mol. The van der Waals surface area contributed by atoms with E-state index < -0.39 is 0 Å². The molecule has 0 N–H and O–H groups in total. The van der Waals surface area contributed by atoms with Gasteiger partial charge in [-0.15, -0.1) is 0 Å². The van der Waals surface area contributed by atoms with Crippen LogP contribution >= 0.6 is 0 Å². The summed E-state index contributed by atoms with van der Waals surface area (Å²) in [5.41, 5.74) is 0. The molecule has 0 unspecified atom stereocenters. The molecule has 0 heterocycles. The average molecular weight is 344 g/mol. The van der Waals surface area contributed by atoms with Crippen molar-refractivity contribution in [3.63, 3.8) is 0 Å². The highest BCUT2D eigenvalue weighted by Gasteiger charge is 2.33. The number of methoxy groups -OCH3 is 1. The first kappa shape index (κ1) is 18.3. The van der Waals surface area contributed by atoms with E-state index in [2.05, 4.69) is 6.92 Å². The van der Waals surface area contributed by atoms with Crippen LogP contribution in [0.3, 0.4) is 0 Å². The van der Waals surface area contributed by atoms with E-state index in [-0.39, 0.29) is 11.9 Å². The monoisotopic (exact) mass is 344 g/mol. The fourth-order valence-corrected chi connectivity index (χ4v) is 4.74. The summed E-state index contributed by atoms with van der Waals surface area (Å²) in [6.07, 6.45) is 11.4. The maximum absolute atomic E-state index is 12.4. The van der Waals surface area contributed by atoms with E-state index in [0.717, 1.165) is 36.3 Å². The summed E-state index contributed by atoms with van der Waals surface area (Å²) in [5, 5.41) is 0. The third-order valence-corrected chi connectivity index (χ3v) is 6.52. The van der Waals surface area contributed by atoms with Crippen LogP contribution in [-0.2, 0) is 4.79 Å². The molecule has 138 valence electrons. The lowest BCUT2D eigenvalue weighted by atomic mass is 9.69. The Hall–Kier alpha value is -1.51. The van der Waals surface area contributed by atoms with Gasteiger partial charge in [-0.25, -0.2) is 0 Å². The van der Waals surface area contributed by atoms with Gasteiger partial charge in [0.25, 0.3) is 0 Å². The molecule has 25 heavy (non-hydrogen) atoms. The molecule has 0 atom stereocenters. The van der Waals surface area contributed by atoms with Crippen molar-refractivity contribution >= 4 is 5.97 Å².